The lowest BCUT2D eigenvalue weighted by molar-refractivity contribution is -0.138. The van der Waals surface area contributed by atoms with Gasteiger partial charge in [-0.2, -0.15) is 0 Å². The zero-order valence-corrected chi connectivity index (χ0v) is 8.36. The molecule has 0 unspecified atom stereocenters. The predicted molar refractivity (Wildman–Crippen MR) is 54.0 cm³/mol. The van der Waals surface area contributed by atoms with Crippen molar-refractivity contribution >= 4 is 11.9 Å². The van der Waals surface area contributed by atoms with Gasteiger partial charge in [0.05, 0.1) is 0 Å². The lowest BCUT2D eigenvalue weighted by Crippen LogP contribution is -2.34. The molecule has 0 spiro atoms. The third-order valence-electron chi connectivity index (χ3n) is 1.99. The van der Waals surface area contributed by atoms with E-state index in [1.54, 1.807) is 11.9 Å². The van der Waals surface area contributed by atoms with Crippen molar-refractivity contribution in [3.8, 4) is 0 Å². The zero-order valence-electron chi connectivity index (χ0n) is 8.36. The SMILES string of the molecule is CN(CCCC[C@@H](N)C(=O)O)C(=N)N. The minimum absolute atomic E-state index is 0.0209. The molecule has 1 atom stereocenters. The number of nitrogens with zero attached hydrogens (tertiary/aromatic N) is 1. The quantitative estimate of drug-likeness (QED) is 0.260. The fourth-order valence-corrected chi connectivity index (χ4v) is 0.957. The Labute approximate surface area is 83.4 Å². The number of guanidine groups is 1. The Morgan fingerprint density at radius 3 is 2.57 bits per heavy atom. The summed E-state index contributed by atoms with van der Waals surface area (Å²) in [6.07, 6.45) is 1.98. The smallest absolute Gasteiger partial charge is 0.320 e. The fourth-order valence-electron chi connectivity index (χ4n) is 0.957. The summed E-state index contributed by atoms with van der Waals surface area (Å²) in [6, 6.07) is -0.780. The molecule has 6 N–H and O–H groups in total. The van der Waals surface area contributed by atoms with E-state index in [9.17, 15) is 4.79 Å². The summed E-state index contributed by atoms with van der Waals surface area (Å²) in [5.74, 6) is -0.947. The highest BCUT2D eigenvalue weighted by Crippen LogP contribution is 2.00. The van der Waals surface area contributed by atoms with E-state index in [4.69, 9.17) is 22.0 Å². The van der Waals surface area contributed by atoms with E-state index in [0.29, 0.717) is 13.0 Å². The molecule has 0 bridgehead atoms. The van der Waals surface area contributed by atoms with Crippen LogP contribution in [0.3, 0.4) is 0 Å². The lowest BCUT2D eigenvalue weighted by atomic mass is 10.1. The maximum absolute atomic E-state index is 10.3. The minimum Gasteiger partial charge on any atom is -0.480 e. The van der Waals surface area contributed by atoms with Gasteiger partial charge in [-0.3, -0.25) is 10.2 Å². The summed E-state index contributed by atoms with van der Waals surface area (Å²) < 4.78 is 0. The lowest BCUT2D eigenvalue weighted by Gasteiger charge is -2.16. The molecule has 0 amide bonds. The minimum atomic E-state index is -0.968. The second-order valence-electron chi connectivity index (χ2n) is 3.25. The molecule has 0 saturated heterocycles. The van der Waals surface area contributed by atoms with Crippen LogP contribution in [-0.2, 0) is 4.79 Å². The number of rotatable bonds is 6. The van der Waals surface area contributed by atoms with Gasteiger partial charge in [0.1, 0.15) is 6.04 Å². The van der Waals surface area contributed by atoms with Gasteiger partial charge in [-0.05, 0) is 19.3 Å². The van der Waals surface area contributed by atoms with Gasteiger partial charge in [-0.15, -0.1) is 0 Å². The molecule has 0 heterocycles. The molecular formula is C8H18N4O2. The normalized spacial score (nSPS) is 12.1. The average molecular weight is 202 g/mol. The van der Waals surface area contributed by atoms with Gasteiger partial charge in [-0.25, -0.2) is 0 Å². The maximum Gasteiger partial charge on any atom is 0.320 e. The summed E-state index contributed by atoms with van der Waals surface area (Å²) in [5.41, 5.74) is 10.5. The van der Waals surface area contributed by atoms with Crippen molar-refractivity contribution in [1.29, 1.82) is 5.41 Å². The van der Waals surface area contributed by atoms with Crippen LogP contribution in [0.1, 0.15) is 19.3 Å². The first-order valence-corrected chi connectivity index (χ1v) is 4.48. The van der Waals surface area contributed by atoms with E-state index in [2.05, 4.69) is 0 Å². The van der Waals surface area contributed by atoms with Crippen LogP contribution in [0, 0.1) is 5.41 Å². The number of carboxylic acids is 1. The maximum atomic E-state index is 10.3. The van der Waals surface area contributed by atoms with Crippen LogP contribution in [0.4, 0.5) is 0 Å². The van der Waals surface area contributed by atoms with Crippen LogP contribution in [0.2, 0.25) is 0 Å². The summed E-state index contributed by atoms with van der Waals surface area (Å²) in [4.78, 5) is 11.9. The molecule has 14 heavy (non-hydrogen) atoms. The highest BCUT2D eigenvalue weighted by molar-refractivity contribution is 5.74. The van der Waals surface area contributed by atoms with Gasteiger partial charge in [-0.1, -0.05) is 0 Å². The summed E-state index contributed by atoms with van der Waals surface area (Å²) >= 11 is 0. The number of aliphatic carboxylic acids is 1. The Morgan fingerprint density at radius 2 is 2.14 bits per heavy atom. The van der Waals surface area contributed by atoms with E-state index in [-0.39, 0.29) is 5.96 Å². The van der Waals surface area contributed by atoms with Crippen LogP contribution in [0.15, 0.2) is 0 Å². The third-order valence-corrected chi connectivity index (χ3v) is 1.99. The molecule has 0 fully saturated rings. The van der Waals surface area contributed by atoms with Gasteiger partial charge in [0.2, 0.25) is 0 Å². The Bertz CT molecular complexity index is 186. The zero-order chi connectivity index (χ0) is 11.1. The van der Waals surface area contributed by atoms with Crippen molar-refractivity contribution in [2.45, 2.75) is 25.3 Å². The number of hydrogen-bond donors (Lipinski definition) is 4. The monoisotopic (exact) mass is 202 g/mol. The number of unbranched alkanes of at least 4 members (excludes halogenated alkanes) is 1. The number of nitrogens with two attached hydrogens (primary N) is 2. The molecule has 6 nitrogen and oxygen atoms in total. The van der Waals surface area contributed by atoms with E-state index in [1.165, 1.54) is 0 Å². The molecule has 0 radical (unpaired) electrons. The van der Waals surface area contributed by atoms with Crippen molar-refractivity contribution in [3.63, 3.8) is 0 Å². The van der Waals surface area contributed by atoms with Gasteiger partial charge < -0.3 is 21.5 Å². The first-order chi connectivity index (χ1) is 6.45. The average Bonchev–Trinajstić information content (AvgIpc) is 2.11. The van der Waals surface area contributed by atoms with Crippen LogP contribution in [-0.4, -0.2) is 41.6 Å². The fraction of sp³-hybridized carbons (Fsp3) is 0.750. The summed E-state index contributed by atoms with van der Waals surface area (Å²) in [6.45, 7) is 0.654. The highest BCUT2D eigenvalue weighted by Gasteiger charge is 2.10. The van der Waals surface area contributed by atoms with E-state index < -0.39 is 12.0 Å². The molecule has 0 aliphatic heterocycles. The first kappa shape index (κ1) is 12.7. The van der Waals surface area contributed by atoms with Crippen LogP contribution in [0.5, 0.6) is 0 Å². The van der Waals surface area contributed by atoms with Gasteiger partial charge >= 0.3 is 5.97 Å². The van der Waals surface area contributed by atoms with E-state index in [1.807, 2.05) is 0 Å². The van der Waals surface area contributed by atoms with E-state index >= 15 is 0 Å². The Kier molecular flexibility index (Phi) is 5.62. The van der Waals surface area contributed by atoms with Gasteiger partial charge in [0, 0.05) is 13.6 Å². The van der Waals surface area contributed by atoms with E-state index in [0.717, 1.165) is 12.8 Å². The second-order valence-corrected chi connectivity index (χ2v) is 3.25. The first-order valence-electron chi connectivity index (χ1n) is 4.48. The molecule has 0 aromatic heterocycles. The Hall–Kier alpha value is -1.30. The highest BCUT2D eigenvalue weighted by atomic mass is 16.4. The number of carbonyl (C=O) groups is 1. The Balaban J connectivity index is 3.47. The molecular weight excluding hydrogens is 184 g/mol. The van der Waals surface area contributed by atoms with Crippen molar-refractivity contribution in [3.05, 3.63) is 0 Å². The molecule has 0 saturated carbocycles. The van der Waals surface area contributed by atoms with Gasteiger partial charge in [0.25, 0.3) is 0 Å². The van der Waals surface area contributed by atoms with Crippen LogP contribution >= 0.6 is 0 Å². The third kappa shape index (κ3) is 5.36. The molecule has 0 aliphatic carbocycles. The molecule has 0 aromatic carbocycles. The molecule has 0 aliphatic rings. The second kappa shape index (κ2) is 6.20. The molecule has 0 aromatic rings. The summed E-state index contributed by atoms with van der Waals surface area (Å²) in [5, 5.41) is 15.6. The number of carboxylic acid groups (broad SMARTS) is 1. The predicted octanol–water partition coefficient (Wildman–Crippen LogP) is -0.606. The van der Waals surface area contributed by atoms with Crippen molar-refractivity contribution in [1.82, 2.24) is 4.90 Å². The van der Waals surface area contributed by atoms with Crippen molar-refractivity contribution < 1.29 is 9.90 Å². The van der Waals surface area contributed by atoms with Crippen molar-refractivity contribution in [2.75, 3.05) is 13.6 Å². The summed E-state index contributed by atoms with van der Waals surface area (Å²) in [7, 11) is 1.72. The molecule has 82 valence electrons. The standard InChI is InChI=1S/C8H18N4O2/c1-12(8(10)11)5-3-2-4-6(9)7(13)14/h6H,2-5,9H2,1H3,(H3,10,11)(H,13,14)/t6-/m1/s1. The Morgan fingerprint density at radius 1 is 1.57 bits per heavy atom. The number of nitrogens with one attached hydrogen (secondary N) is 1. The molecule has 0 rings (SSSR count). The molecule has 6 heteroatoms. The van der Waals surface area contributed by atoms with Crippen LogP contribution in [0.25, 0.3) is 0 Å². The van der Waals surface area contributed by atoms with Crippen molar-refractivity contribution in [2.24, 2.45) is 11.5 Å². The van der Waals surface area contributed by atoms with Gasteiger partial charge in [0.15, 0.2) is 5.96 Å². The number of hydrogen-bond acceptors (Lipinski definition) is 3. The van der Waals surface area contributed by atoms with Crippen LogP contribution < -0.4 is 11.5 Å². The topological polar surface area (TPSA) is 116 Å². The largest absolute Gasteiger partial charge is 0.480 e.